The highest BCUT2D eigenvalue weighted by atomic mass is 16.6. The van der Waals surface area contributed by atoms with Gasteiger partial charge in [-0.3, -0.25) is 0 Å². The number of imidazole rings is 1. The Hall–Kier alpha value is -2.30. The molecular weight excluding hydrogens is 290 g/mol. The van der Waals surface area contributed by atoms with Gasteiger partial charge >= 0.3 is 6.09 Å². The zero-order chi connectivity index (χ0) is 16.6. The first-order chi connectivity index (χ1) is 10.8. The van der Waals surface area contributed by atoms with Gasteiger partial charge in [0.2, 0.25) is 0 Å². The number of ether oxygens (including phenoxy) is 1. The van der Waals surface area contributed by atoms with Crippen LogP contribution in [0.15, 0.2) is 30.6 Å². The normalized spacial score (nSPS) is 17.0. The first kappa shape index (κ1) is 15.6. The Kier molecular flexibility index (Phi) is 3.88. The summed E-state index contributed by atoms with van der Waals surface area (Å²) in [6, 6.07) is 6.36. The summed E-state index contributed by atoms with van der Waals surface area (Å²) < 4.78 is 7.36. The number of benzene rings is 1. The van der Waals surface area contributed by atoms with Gasteiger partial charge in [0.1, 0.15) is 11.4 Å². The van der Waals surface area contributed by atoms with Gasteiger partial charge in [0.05, 0.1) is 6.04 Å². The van der Waals surface area contributed by atoms with Gasteiger partial charge in [0.25, 0.3) is 0 Å². The number of hydrogen-bond acceptors (Lipinski definition) is 3. The fourth-order valence-electron chi connectivity index (χ4n) is 3.00. The van der Waals surface area contributed by atoms with Gasteiger partial charge in [-0.15, -0.1) is 0 Å². The van der Waals surface area contributed by atoms with Crippen molar-refractivity contribution < 1.29 is 9.53 Å². The monoisotopic (exact) mass is 313 g/mol. The van der Waals surface area contributed by atoms with Gasteiger partial charge in [-0.1, -0.05) is 12.1 Å². The minimum Gasteiger partial charge on any atom is -0.444 e. The number of nitrogens with zero attached hydrogens (tertiary/aromatic N) is 2. The molecule has 1 aromatic carbocycles. The van der Waals surface area contributed by atoms with E-state index in [0.717, 1.165) is 24.2 Å². The molecule has 1 aliphatic rings. The molecule has 0 bridgehead atoms. The molecule has 0 radical (unpaired) electrons. The van der Waals surface area contributed by atoms with E-state index in [0.29, 0.717) is 0 Å². The molecule has 5 nitrogen and oxygen atoms in total. The lowest BCUT2D eigenvalue weighted by atomic mass is 10.0. The third kappa shape index (κ3) is 3.38. The van der Waals surface area contributed by atoms with Crippen LogP contribution in [0.5, 0.6) is 0 Å². The molecule has 1 atom stereocenters. The van der Waals surface area contributed by atoms with E-state index < -0.39 is 5.60 Å². The highest BCUT2D eigenvalue weighted by molar-refractivity contribution is 5.69. The van der Waals surface area contributed by atoms with Crippen LogP contribution in [-0.2, 0) is 18.2 Å². The second-order valence-corrected chi connectivity index (χ2v) is 7.01. The summed E-state index contributed by atoms with van der Waals surface area (Å²) in [5.41, 5.74) is 3.07. The number of carbonyl (C=O) groups is 1. The molecule has 23 heavy (non-hydrogen) atoms. The number of alkyl carbamates (subject to hydrolysis) is 1. The van der Waals surface area contributed by atoms with Gasteiger partial charge < -0.3 is 14.6 Å². The fraction of sp³-hybridized carbons (Fsp3) is 0.444. The predicted octanol–water partition coefficient (Wildman–Crippen LogP) is 3.60. The first-order valence-corrected chi connectivity index (χ1v) is 7.93. The number of fused-ring (bicyclic) bond motifs is 1. The minimum atomic E-state index is -0.479. The molecule has 1 aliphatic carbocycles. The molecule has 0 spiro atoms. The quantitative estimate of drug-likeness (QED) is 0.921. The zero-order valence-corrected chi connectivity index (χ0v) is 14.1. The number of hydrogen-bond donors (Lipinski definition) is 1. The summed E-state index contributed by atoms with van der Waals surface area (Å²) in [5, 5.41) is 2.98. The van der Waals surface area contributed by atoms with Crippen molar-refractivity contribution >= 4 is 6.09 Å². The SMILES string of the molecule is Cn1ccnc1-c1ccc2c(c1)CCC2NC(=O)OC(C)(C)C. The summed E-state index contributed by atoms with van der Waals surface area (Å²) in [7, 11) is 1.99. The molecule has 3 rings (SSSR count). The number of nitrogens with one attached hydrogen (secondary N) is 1. The van der Waals surface area contributed by atoms with Crippen molar-refractivity contribution in [3.05, 3.63) is 41.7 Å². The van der Waals surface area contributed by atoms with Crippen LogP contribution < -0.4 is 5.32 Å². The molecular formula is C18H23N3O2. The smallest absolute Gasteiger partial charge is 0.408 e. The second-order valence-electron chi connectivity index (χ2n) is 7.01. The maximum atomic E-state index is 12.0. The van der Waals surface area contributed by atoms with Crippen molar-refractivity contribution in [1.82, 2.24) is 14.9 Å². The topological polar surface area (TPSA) is 56.2 Å². The summed E-state index contributed by atoms with van der Waals surface area (Å²) in [4.78, 5) is 16.4. The number of aromatic nitrogens is 2. The van der Waals surface area contributed by atoms with Crippen LogP contribution in [0.3, 0.4) is 0 Å². The van der Waals surface area contributed by atoms with E-state index in [9.17, 15) is 4.79 Å². The van der Waals surface area contributed by atoms with Gasteiger partial charge in [0.15, 0.2) is 0 Å². The molecule has 1 aromatic heterocycles. The highest BCUT2D eigenvalue weighted by Crippen LogP contribution is 2.34. The van der Waals surface area contributed by atoms with Crippen molar-refractivity contribution in [2.75, 3.05) is 0 Å². The van der Waals surface area contributed by atoms with E-state index in [1.807, 2.05) is 38.6 Å². The Bertz CT molecular complexity index is 728. The largest absolute Gasteiger partial charge is 0.444 e. The molecule has 0 saturated heterocycles. The highest BCUT2D eigenvalue weighted by Gasteiger charge is 2.26. The number of amides is 1. The van der Waals surface area contributed by atoms with E-state index in [4.69, 9.17) is 4.74 Å². The Balaban J connectivity index is 1.77. The molecule has 0 saturated carbocycles. The standard InChI is InChI=1S/C18H23N3O2/c1-18(2,3)23-17(22)20-15-8-6-12-11-13(5-7-14(12)15)16-19-9-10-21(16)4/h5,7,9-11,15H,6,8H2,1-4H3,(H,20,22). The number of aryl methyl sites for hydroxylation is 2. The molecule has 0 fully saturated rings. The lowest BCUT2D eigenvalue weighted by Gasteiger charge is -2.22. The van der Waals surface area contributed by atoms with Crippen LogP contribution in [0.1, 0.15) is 44.4 Å². The summed E-state index contributed by atoms with van der Waals surface area (Å²) in [6.45, 7) is 5.61. The molecule has 2 aromatic rings. The van der Waals surface area contributed by atoms with Gasteiger partial charge in [-0.05, 0) is 50.8 Å². The third-order valence-electron chi connectivity index (χ3n) is 3.99. The van der Waals surface area contributed by atoms with Crippen molar-refractivity contribution in [2.24, 2.45) is 7.05 Å². The molecule has 1 N–H and O–H groups in total. The van der Waals surface area contributed by atoms with E-state index in [-0.39, 0.29) is 12.1 Å². The number of rotatable bonds is 2. The first-order valence-electron chi connectivity index (χ1n) is 7.93. The van der Waals surface area contributed by atoms with Crippen molar-refractivity contribution in [3.63, 3.8) is 0 Å². The zero-order valence-electron chi connectivity index (χ0n) is 14.1. The van der Waals surface area contributed by atoms with Crippen molar-refractivity contribution in [2.45, 2.75) is 45.3 Å². The Morgan fingerprint density at radius 2 is 2.17 bits per heavy atom. The Labute approximate surface area is 136 Å². The van der Waals surface area contributed by atoms with Gasteiger partial charge in [-0.25, -0.2) is 9.78 Å². The third-order valence-corrected chi connectivity index (χ3v) is 3.99. The van der Waals surface area contributed by atoms with Crippen LogP contribution in [-0.4, -0.2) is 21.2 Å². The van der Waals surface area contributed by atoms with E-state index in [1.54, 1.807) is 6.20 Å². The summed E-state index contributed by atoms with van der Waals surface area (Å²) in [5.74, 6) is 0.955. The molecule has 5 heteroatoms. The lowest BCUT2D eigenvalue weighted by Crippen LogP contribution is -2.34. The van der Waals surface area contributed by atoms with Gasteiger partial charge in [0, 0.05) is 25.0 Å². The average Bonchev–Trinajstić information content (AvgIpc) is 3.03. The summed E-state index contributed by atoms with van der Waals surface area (Å²) >= 11 is 0. The predicted molar refractivity (Wildman–Crippen MR) is 89.1 cm³/mol. The lowest BCUT2D eigenvalue weighted by molar-refractivity contribution is 0.0503. The molecule has 122 valence electrons. The molecule has 1 unspecified atom stereocenters. The maximum Gasteiger partial charge on any atom is 0.408 e. The van der Waals surface area contributed by atoms with E-state index in [2.05, 4.69) is 28.5 Å². The van der Waals surface area contributed by atoms with Crippen LogP contribution >= 0.6 is 0 Å². The minimum absolute atomic E-state index is 0.0234. The van der Waals surface area contributed by atoms with Crippen LogP contribution in [0, 0.1) is 0 Å². The molecule has 0 aliphatic heterocycles. The van der Waals surface area contributed by atoms with Crippen molar-refractivity contribution in [1.29, 1.82) is 0 Å². The van der Waals surface area contributed by atoms with Gasteiger partial charge in [-0.2, -0.15) is 0 Å². The van der Waals surface area contributed by atoms with E-state index >= 15 is 0 Å². The molecule has 1 heterocycles. The molecule has 1 amide bonds. The second kappa shape index (κ2) is 5.72. The Morgan fingerprint density at radius 1 is 1.39 bits per heavy atom. The fourth-order valence-corrected chi connectivity index (χ4v) is 3.00. The van der Waals surface area contributed by atoms with Crippen LogP contribution in [0.4, 0.5) is 4.79 Å². The summed E-state index contributed by atoms with van der Waals surface area (Å²) in [6.07, 6.45) is 5.24. The number of carbonyl (C=O) groups excluding carboxylic acids is 1. The van der Waals surface area contributed by atoms with Crippen molar-refractivity contribution in [3.8, 4) is 11.4 Å². The average molecular weight is 313 g/mol. The Morgan fingerprint density at radius 3 is 2.83 bits per heavy atom. The van der Waals surface area contributed by atoms with Crippen LogP contribution in [0.25, 0.3) is 11.4 Å². The van der Waals surface area contributed by atoms with Crippen LogP contribution in [0.2, 0.25) is 0 Å². The maximum absolute atomic E-state index is 12.0. The van der Waals surface area contributed by atoms with E-state index in [1.165, 1.54) is 11.1 Å².